The van der Waals surface area contributed by atoms with Crippen LogP contribution in [0.5, 0.6) is 0 Å². The minimum absolute atomic E-state index is 0.0486. The summed E-state index contributed by atoms with van der Waals surface area (Å²) in [6.07, 6.45) is -0.0486. The summed E-state index contributed by atoms with van der Waals surface area (Å²) < 4.78 is 0. The van der Waals surface area contributed by atoms with Gasteiger partial charge in [-0.1, -0.05) is 0 Å². The van der Waals surface area contributed by atoms with Gasteiger partial charge in [0.05, 0.1) is 6.04 Å². The topological polar surface area (TPSA) is 80.5 Å². The van der Waals surface area contributed by atoms with Crippen LogP contribution in [-0.4, -0.2) is 40.8 Å². The van der Waals surface area contributed by atoms with Crippen molar-refractivity contribution in [2.45, 2.75) is 19.4 Å². The van der Waals surface area contributed by atoms with E-state index in [1.165, 1.54) is 0 Å². The van der Waals surface area contributed by atoms with Crippen molar-refractivity contribution in [3.63, 3.8) is 0 Å². The predicted molar refractivity (Wildman–Crippen MR) is 57.3 cm³/mol. The smallest absolute Gasteiger partial charge is 0.240 e. The third kappa shape index (κ3) is 2.21. The maximum Gasteiger partial charge on any atom is 0.240 e. The summed E-state index contributed by atoms with van der Waals surface area (Å²) in [5, 5.41) is 0. The normalized spacial score (nSPS) is 23.4. The van der Waals surface area contributed by atoms with Crippen LogP contribution in [0.2, 0.25) is 0 Å². The number of ketones is 1. The van der Waals surface area contributed by atoms with Crippen LogP contribution in [0.1, 0.15) is 13.3 Å². The second kappa shape index (κ2) is 4.76. The molecule has 6 heteroatoms. The maximum absolute atomic E-state index is 11.6. The summed E-state index contributed by atoms with van der Waals surface area (Å²) in [6.45, 7) is 2.00. The highest BCUT2D eigenvalue weighted by Gasteiger charge is 2.42. The van der Waals surface area contributed by atoms with E-state index in [2.05, 4.69) is 12.6 Å². The molecule has 0 radical (unpaired) electrons. The molecule has 5 nitrogen and oxygen atoms in total. The van der Waals surface area contributed by atoms with Crippen molar-refractivity contribution in [1.29, 1.82) is 0 Å². The summed E-state index contributed by atoms with van der Waals surface area (Å²) in [7, 11) is 0. The zero-order valence-corrected chi connectivity index (χ0v) is 9.37. The standard InChI is InChI=1S/C9H14N2O3S/c1-2-11-7(12)3-5(9(11)14)8(13)6(10)4-15/h5-6,15H,2-4,10H2,1H3/t5?,6-/m0/s1. The number of rotatable bonds is 4. The monoisotopic (exact) mass is 230 g/mol. The SMILES string of the molecule is CCN1C(=O)CC(C(=O)[C@@H](N)CS)C1=O. The molecule has 1 unspecified atom stereocenters. The molecule has 1 rings (SSSR count). The maximum atomic E-state index is 11.6. The number of hydrogen-bond acceptors (Lipinski definition) is 5. The first-order chi connectivity index (χ1) is 7.02. The lowest BCUT2D eigenvalue weighted by Crippen LogP contribution is -2.40. The molecule has 15 heavy (non-hydrogen) atoms. The van der Waals surface area contributed by atoms with Gasteiger partial charge >= 0.3 is 0 Å². The fraction of sp³-hybridized carbons (Fsp3) is 0.667. The Morgan fingerprint density at radius 1 is 1.67 bits per heavy atom. The van der Waals surface area contributed by atoms with Gasteiger partial charge in [0.2, 0.25) is 11.8 Å². The van der Waals surface area contributed by atoms with E-state index in [1.807, 2.05) is 0 Å². The molecular weight excluding hydrogens is 216 g/mol. The van der Waals surface area contributed by atoms with Gasteiger partial charge in [-0.3, -0.25) is 19.3 Å². The number of nitrogens with two attached hydrogens (primary N) is 1. The molecule has 0 aromatic rings. The number of thiol groups is 1. The zero-order valence-electron chi connectivity index (χ0n) is 8.47. The number of nitrogens with zero attached hydrogens (tertiary/aromatic N) is 1. The van der Waals surface area contributed by atoms with E-state index in [0.29, 0.717) is 6.54 Å². The number of carbonyl (C=O) groups excluding carboxylic acids is 3. The lowest BCUT2D eigenvalue weighted by atomic mass is 9.98. The Hall–Kier alpha value is -0.880. The van der Waals surface area contributed by atoms with Gasteiger partial charge in [-0.25, -0.2) is 0 Å². The molecule has 2 atom stereocenters. The van der Waals surface area contributed by atoms with Crippen LogP contribution >= 0.6 is 12.6 Å². The molecule has 1 aliphatic rings. The number of likely N-dealkylation sites (tertiary alicyclic amines) is 1. The summed E-state index contributed by atoms with van der Waals surface area (Å²) >= 11 is 3.89. The highest BCUT2D eigenvalue weighted by atomic mass is 32.1. The summed E-state index contributed by atoms with van der Waals surface area (Å²) in [5.74, 6) is -1.82. The molecule has 1 saturated heterocycles. The van der Waals surface area contributed by atoms with Gasteiger partial charge in [-0.2, -0.15) is 12.6 Å². The quantitative estimate of drug-likeness (QED) is 0.377. The van der Waals surface area contributed by atoms with E-state index in [-0.39, 0.29) is 23.9 Å². The van der Waals surface area contributed by atoms with E-state index in [4.69, 9.17) is 5.73 Å². The predicted octanol–water partition coefficient (Wildman–Crippen LogP) is -0.792. The molecule has 1 aliphatic heterocycles. The molecule has 0 aromatic heterocycles. The van der Waals surface area contributed by atoms with Crippen LogP contribution in [0.4, 0.5) is 0 Å². The first-order valence-electron chi connectivity index (χ1n) is 4.77. The van der Waals surface area contributed by atoms with Gasteiger partial charge in [0.1, 0.15) is 5.92 Å². The number of carbonyl (C=O) groups is 3. The number of imide groups is 1. The van der Waals surface area contributed by atoms with Gasteiger partial charge < -0.3 is 5.73 Å². The first-order valence-corrected chi connectivity index (χ1v) is 5.40. The van der Waals surface area contributed by atoms with Crippen molar-refractivity contribution < 1.29 is 14.4 Å². The third-order valence-corrected chi connectivity index (χ3v) is 2.86. The van der Waals surface area contributed by atoms with Crippen molar-refractivity contribution in [2.75, 3.05) is 12.3 Å². The third-order valence-electron chi connectivity index (χ3n) is 2.47. The molecule has 2 amide bonds. The second-order valence-electron chi connectivity index (χ2n) is 3.42. The van der Waals surface area contributed by atoms with Gasteiger partial charge in [0, 0.05) is 18.7 Å². The van der Waals surface area contributed by atoms with E-state index in [9.17, 15) is 14.4 Å². The Labute approximate surface area is 93.4 Å². The molecule has 0 aliphatic carbocycles. The van der Waals surface area contributed by atoms with Crippen LogP contribution in [0.3, 0.4) is 0 Å². The van der Waals surface area contributed by atoms with Crippen LogP contribution in [-0.2, 0) is 14.4 Å². The van der Waals surface area contributed by atoms with E-state index in [0.717, 1.165) is 4.90 Å². The van der Waals surface area contributed by atoms with Gasteiger partial charge in [0.25, 0.3) is 0 Å². The van der Waals surface area contributed by atoms with Crippen LogP contribution in [0, 0.1) is 5.92 Å². The zero-order chi connectivity index (χ0) is 11.6. The Kier molecular flexibility index (Phi) is 3.87. The minimum atomic E-state index is -0.889. The Morgan fingerprint density at radius 2 is 2.27 bits per heavy atom. The fourth-order valence-electron chi connectivity index (χ4n) is 1.59. The molecule has 0 aromatic carbocycles. The molecule has 1 fully saturated rings. The van der Waals surface area contributed by atoms with Crippen molar-refractivity contribution in [1.82, 2.24) is 4.90 Å². The number of hydrogen-bond donors (Lipinski definition) is 2. The summed E-state index contributed by atoms with van der Waals surface area (Å²) in [6, 6.07) is -0.771. The van der Waals surface area contributed by atoms with E-state index in [1.54, 1.807) is 6.92 Å². The largest absolute Gasteiger partial charge is 0.321 e. The van der Waals surface area contributed by atoms with Gasteiger partial charge in [-0.15, -0.1) is 0 Å². The molecule has 0 spiro atoms. The Bertz CT molecular complexity index is 306. The van der Waals surface area contributed by atoms with Crippen LogP contribution in [0.25, 0.3) is 0 Å². The van der Waals surface area contributed by atoms with Crippen LogP contribution in [0.15, 0.2) is 0 Å². The first kappa shape index (κ1) is 12.2. The van der Waals surface area contributed by atoms with Crippen molar-refractivity contribution >= 4 is 30.2 Å². The summed E-state index contributed by atoms with van der Waals surface area (Å²) in [5.41, 5.74) is 5.48. The Morgan fingerprint density at radius 3 is 2.67 bits per heavy atom. The Balaban J connectivity index is 2.78. The minimum Gasteiger partial charge on any atom is -0.321 e. The van der Waals surface area contributed by atoms with Crippen molar-refractivity contribution in [3.8, 4) is 0 Å². The molecule has 0 saturated carbocycles. The molecule has 1 heterocycles. The molecule has 84 valence electrons. The lowest BCUT2D eigenvalue weighted by Gasteiger charge is -2.13. The lowest BCUT2D eigenvalue weighted by molar-refractivity contribution is -0.140. The fourth-order valence-corrected chi connectivity index (χ4v) is 1.77. The molecule has 0 bridgehead atoms. The van der Waals surface area contributed by atoms with Crippen LogP contribution < -0.4 is 5.73 Å². The van der Waals surface area contributed by atoms with E-state index < -0.39 is 17.9 Å². The highest BCUT2D eigenvalue weighted by molar-refractivity contribution is 7.80. The molecular formula is C9H14N2O3S. The van der Waals surface area contributed by atoms with Gasteiger partial charge in [-0.05, 0) is 6.92 Å². The number of Topliss-reactive ketones (excluding diaryl/α,β-unsaturated/α-hetero) is 1. The second-order valence-corrected chi connectivity index (χ2v) is 3.79. The summed E-state index contributed by atoms with van der Waals surface area (Å²) in [4.78, 5) is 35.7. The van der Waals surface area contributed by atoms with Crippen molar-refractivity contribution in [2.24, 2.45) is 11.7 Å². The van der Waals surface area contributed by atoms with E-state index >= 15 is 0 Å². The average Bonchev–Trinajstić information content (AvgIpc) is 2.51. The van der Waals surface area contributed by atoms with Gasteiger partial charge in [0.15, 0.2) is 5.78 Å². The van der Waals surface area contributed by atoms with Crippen molar-refractivity contribution in [3.05, 3.63) is 0 Å². The molecule has 2 N–H and O–H groups in total. The average molecular weight is 230 g/mol. The highest BCUT2D eigenvalue weighted by Crippen LogP contribution is 2.21. The number of amides is 2.